The molecule has 1 heterocycles. The van der Waals surface area contributed by atoms with E-state index in [0.717, 1.165) is 0 Å². The second-order valence-corrected chi connectivity index (χ2v) is 6.98. The van der Waals surface area contributed by atoms with Crippen molar-refractivity contribution in [2.45, 2.75) is 6.42 Å². The lowest BCUT2D eigenvalue weighted by molar-refractivity contribution is -0.117. The molecule has 0 spiro atoms. The number of amides is 1. The first-order valence-corrected chi connectivity index (χ1v) is 8.32. The van der Waals surface area contributed by atoms with Crippen LogP contribution in [0.15, 0.2) is 24.5 Å². The van der Waals surface area contributed by atoms with Gasteiger partial charge in [-0.1, -0.05) is 0 Å². The zero-order valence-corrected chi connectivity index (χ0v) is 11.2. The van der Waals surface area contributed by atoms with Crippen LogP contribution in [0.25, 0.3) is 0 Å². The van der Waals surface area contributed by atoms with Crippen molar-refractivity contribution >= 4 is 21.5 Å². The zero-order chi connectivity index (χ0) is 13.6. The Kier molecular flexibility index (Phi) is 5.78. The van der Waals surface area contributed by atoms with Gasteiger partial charge in [0.2, 0.25) is 13.9 Å². The summed E-state index contributed by atoms with van der Waals surface area (Å²) in [5.74, 6) is -1.19. The highest BCUT2D eigenvalue weighted by atomic mass is 31.2. The third-order valence-corrected chi connectivity index (χ3v) is 5.08. The zero-order valence-electron chi connectivity index (χ0n) is 9.35. The number of aromatic nitrogens is 1. The molecule has 10 heteroatoms. The van der Waals surface area contributed by atoms with E-state index in [1.165, 1.54) is 4.68 Å². The highest BCUT2D eigenvalue weighted by Crippen LogP contribution is 2.48. The lowest BCUT2D eigenvalue weighted by Crippen LogP contribution is -2.22. The van der Waals surface area contributed by atoms with E-state index < -0.39 is 27.4 Å². The summed E-state index contributed by atoms with van der Waals surface area (Å²) < 4.78 is 27.6. The van der Waals surface area contributed by atoms with Gasteiger partial charge in [-0.15, -0.1) is 0 Å². The van der Waals surface area contributed by atoms with Crippen LogP contribution >= 0.6 is 15.6 Å². The molecule has 0 aliphatic heterocycles. The largest absolute Gasteiger partial charge is 0.346 e. The van der Waals surface area contributed by atoms with Crippen LogP contribution in [-0.4, -0.2) is 32.9 Å². The molecule has 1 aromatic rings. The molecule has 1 amide bonds. The summed E-state index contributed by atoms with van der Waals surface area (Å²) in [4.78, 5) is 29.0. The van der Waals surface area contributed by atoms with Gasteiger partial charge in [-0.3, -0.25) is 24.0 Å². The average molecular weight is 296 g/mol. The van der Waals surface area contributed by atoms with Crippen molar-refractivity contribution in [1.82, 2.24) is 4.68 Å². The number of hydrogen-bond acceptors (Lipinski definition) is 4. The number of carbonyl (C=O) groups is 1. The molecule has 0 aliphatic rings. The van der Waals surface area contributed by atoms with Crippen molar-refractivity contribution in [2.24, 2.45) is 0 Å². The van der Waals surface area contributed by atoms with E-state index in [9.17, 15) is 13.9 Å². The van der Waals surface area contributed by atoms with Gasteiger partial charge in [0.1, 0.15) is 5.90 Å². The monoisotopic (exact) mass is 296 g/mol. The number of hydrogen-bond donors (Lipinski definition) is 3. The van der Waals surface area contributed by atoms with Gasteiger partial charge in [0.05, 0.1) is 13.0 Å². The molecule has 18 heavy (non-hydrogen) atoms. The van der Waals surface area contributed by atoms with Gasteiger partial charge in [0.25, 0.3) is 0 Å². The molecule has 0 bridgehead atoms. The van der Waals surface area contributed by atoms with Crippen molar-refractivity contribution in [2.75, 3.05) is 17.9 Å². The maximum absolute atomic E-state index is 11.3. The Labute approximate surface area is 104 Å². The summed E-state index contributed by atoms with van der Waals surface area (Å²) in [6, 6.07) is 3.44. The first kappa shape index (κ1) is 15.1. The Hall–Kier alpha value is -0.910. The minimum atomic E-state index is -4.08. The maximum Gasteiger partial charge on any atom is 0.337 e. The van der Waals surface area contributed by atoms with Gasteiger partial charge in [0, 0.05) is 12.4 Å². The maximum atomic E-state index is 11.3. The van der Waals surface area contributed by atoms with Crippen molar-refractivity contribution < 1.29 is 28.2 Å². The molecule has 1 rings (SSSR count). The minimum absolute atomic E-state index is 0.130. The van der Waals surface area contributed by atoms with Crippen molar-refractivity contribution in [3.05, 3.63) is 24.5 Å². The molecule has 2 unspecified atom stereocenters. The summed E-state index contributed by atoms with van der Waals surface area (Å²) in [7, 11) is -7.15. The Morgan fingerprint density at radius 1 is 1.44 bits per heavy atom. The van der Waals surface area contributed by atoms with Crippen molar-refractivity contribution in [3.63, 3.8) is 0 Å². The summed E-state index contributed by atoms with van der Waals surface area (Å²) in [5, 5.41) is 0. The van der Waals surface area contributed by atoms with E-state index in [1.54, 1.807) is 24.5 Å². The van der Waals surface area contributed by atoms with Crippen molar-refractivity contribution in [1.29, 1.82) is 0 Å². The molecule has 0 aromatic carbocycles. The Bertz CT molecular complexity index is 460. The fourth-order valence-electron chi connectivity index (χ4n) is 1.11. The van der Waals surface area contributed by atoms with Gasteiger partial charge < -0.3 is 14.3 Å². The number of rotatable bonds is 7. The Morgan fingerprint density at radius 3 is 2.61 bits per heavy atom. The summed E-state index contributed by atoms with van der Waals surface area (Å²) in [6.45, 7) is -0.296. The van der Waals surface area contributed by atoms with Crippen LogP contribution in [0.4, 0.5) is 0 Å². The van der Waals surface area contributed by atoms with Crippen LogP contribution in [0.2, 0.25) is 0 Å². The van der Waals surface area contributed by atoms with E-state index >= 15 is 0 Å². The average Bonchev–Trinajstić information content (AvgIpc) is 2.67. The molecule has 0 fully saturated rings. The fraction of sp³-hybridized carbons (Fsp3) is 0.375. The van der Waals surface area contributed by atoms with Crippen LogP contribution in [0.3, 0.4) is 0 Å². The molecular formula is C8H14N2O6P2. The van der Waals surface area contributed by atoms with Crippen LogP contribution in [-0.2, 0) is 18.4 Å². The van der Waals surface area contributed by atoms with E-state index in [4.69, 9.17) is 9.79 Å². The molecule has 0 aliphatic carbocycles. The van der Waals surface area contributed by atoms with E-state index in [2.05, 4.69) is 9.95 Å². The second kappa shape index (κ2) is 6.87. The first-order chi connectivity index (χ1) is 8.39. The predicted molar refractivity (Wildman–Crippen MR) is 65.3 cm³/mol. The molecule has 102 valence electrons. The number of carbonyl (C=O) groups excluding carboxylic acids is 1. The summed E-state index contributed by atoms with van der Waals surface area (Å²) >= 11 is 0. The van der Waals surface area contributed by atoms with Gasteiger partial charge in [-0.05, 0) is 12.1 Å². The van der Waals surface area contributed by atoms with Crippen LogP contribution in [0.5, 0.6) is 0 Å². The van der Waals surface area contributed by atoms with Crippen LogP contribution in [0.1, 0.15) is 6.42 Å². The predicted octanol–water partition coefficient (Wildman–Crippen LogP) is 0.575. The third kappa shape index (κ3) is 6.14. The molecule has 1 aromatic heterocycles. The molecule has 0 saturated heterocycles. The SMILES string of the molecule is O=C(CCOP(=O)(O)C[PH](=O)O)Nn1cccc1. The quantitative estimate of drug-likeness (QED) is 0.633. The lowest BCUT2D eigenvalue weighted by Gasteiger charge is -2.10. The van der Waals surface area contributed by atoms with E-state index in [0.29, 0.717) is 0 Å². The number of nitrogens with one attached hydrogen (secondary N) is 1. The van der Waals surface area contributed by atoms with E-state index in [-0.39, 0.29) is 13.0 Å². The fourth-order valence-corrected chi connectivity index (χ4v) is 3.22. The van der Waals surface area contributed by atoms with Crippen molar-refractivity contribution in [3.8, 4) is 0 Å². The molecular weight excluding hydrogens is 282 g/mol. The topological polar surface area (TPSA) is 118 Å². The Balaban J connectivity index is 2.27. The van der Waals surface area contributed by atoms with Crippen LogP contribution < -0.4 is 5.43 Å². The molecule has 8 nitrogen and oxygen atoms in total. The van der Waals surface area contributed by atoms with Crippen LogP contribution in [0, 0.1) is 0 Å². The molecule has 0 radical (unpaired) electrons. The highest BCUT2D eigenvalue weighted by Gasteiger charge is 2.22. The normalized spacial score (nSPS) is 15.9. The first-order valence-electron chi connectivity index (χ1n) is 5.00. The third-order valence-electron chi connectivity index (χ3n) is 1.82. The standard InChI is InChI=1S/C8H14N2O6P2/c11-8(9-10-4-1-2-5-10)3-6-16-18(14,15)7-17(12)13/h1-2,4-5,17H,3,6-7H2,(H,9,11)(H,12,13)(H,14,15). The second-order valence-electron chi connectivity index (χ2n) is 3.40. The van der Waals surface area contributed by atoms with Gasteiger partial charge in [-0.2, -0.15) is 0 Å². The lowest BCUT2D eigenvalue weighted by atomic mass is 10.4. The molecule has 0 saturated carbocycles. The molecule has 2 atom stereocenters. The van der Waals surface area contributed by atoms with E-state index in [1.807, 2.05) is 0 Å². The van der Waals surface area contributed by atoms with Gasteiger partial charge in [0.15, 0.2) is 0 Å². The highest BCUT2D eigenvalue weighted by molar-refractivity contribution is 7.64. The van der Waals surface area contributed by atoms with Gasteiger partial charge >= 0.3 is 7.60 Å². The Morgan fingerprint density at radius 2 is 2.06 bits per heavy atom. The molecule has 3 N–H and O–H groups in total. The van der Waals surface area contributed by atoms with Gasteiger partial charge in [-0.25, -0.2) is 0 Å². The summed E-state index contributed by atoms with van der Waals surface area (Å²) in [5.41, 5.74) is 2.47. The number of nitrogens with zero attached hydrogens (tertiary/aromatic N) is 1. The minimum Gasteiger partial charge on any atom is -0.346 e. The smallest absolute Gasteiger partial charge is 0.337 e. The summed E-state index contributed by atoms with van der Waals surface area (Å²) in [6.07, 6.45) is 3.11.